The molecule has 4 rings (SSSR count). The molecule has 1 N–H and O–H groups in total. The second kappa shape index (κ2) is 15.1. The number of hydrogen-bond donors (Lipinski definition) is 1. The first kappa shape index (κ1) is 34.3. The number of nitrogens with one attached hydrogen (secondary N) is 1. The average Bonchev–Trinajstić information content (AvgIpc) is 3.46. The van der Waals surface area contributed by atoms with Crippen LogP contribution in [-0.4, -0.2) is 39.6 Å². The molecule has 0 atom stereocenters. The van der Waals surface area contributed by atoms with Crippen molar-refractivity contribution >= 4 is 17.7 Å². The molecule has 0 aliphatic heterocycles. The summed E-state index contributed by atoms with van der Waals surface area (Å²) < 4.78 is 8.34. The van der Waals surface area contributed by atoms with Crippen LogP contribution in [0.2, 0.25) is 0 Å². The molecule has 1 aromatic heterocycles. The number of nitrogens with zero attached hydrogens (tertiary/aromatic N) is 3. The molecule has 4 aromatic rings. The van der Waals surface area contributed by atoms with Gasteiger partial charge in [0.2, 0.25) is 5.91 Å². The third-order valence-electron chi connectivity index (χ3n) is 8.98. The van der Waals surface area contributed by atoms with Gasteiger partial charge in [0.05, 0.1) is 12.4 Å². The van der Waals surface area contributed by atoms with Crippen molar-refractivity contribution in [3.05, 3.63) is 89.0 Å². The zero-order valence-electron chi connectivity index (χ0n) is 28.4. The zero-order valence-corrected chi connectivity index (χ0v) is 29.2. The summed E-state index contributed by atoms with van der Waals surface area (Å²) in [6.45, 7) is 19.0. The highest BCUT2D eigenvalue weighted by Crippen LogP contribution is 2.38. The number of aromatic nitrogens is 3. The van der Waals surface area contributed by atoms with Gasteiger partial charge in [-0.15, -0.1) is 10.2 Å². The molecule has 0 unspecified atom stereocenters. The van der Waals surface area contributed by atoms with Crippen LogP contribution < -0.4 is 10.1 Å². The van der Waals surface area contributed by atoms with E-state index in [0.717, 1.165) is 48.5 Å². The van der Waals surface area contributed by atoms with Crippen molar-refractivity contribution in [1.29, 1.82) is 0 Å². The lowest BCUT2D eigenvalue weighted by Gasteiger charge is -2.30. The van der Waals surface area contributed by atoms with Gasteiger partial charge in [0.15, 0.2) is 11.0 Å². The molecule has 240 valence electrons. The fourth-order valence-electron chi connectivity index (χ4n) is 5.00. The Morgan fingerprint density at radius 3 is 2.13 bits per heavy atom. The summed E-state index contributed by atoms with van der Waals surface area (Å²) in [5.74, 6) is 1.98. The molecule has 1 heterocycles. The SMILES string of the molecule is CCC(C)(C)c1ccc(OCCCCNC(=O)CSc2nnc(-c3ccc(C)cc3)n2-c2ccc(C)cc2)c(C(C)(C)CC)c1. The van der Waals surface area contributed by atoms with E-state index in [1.807, 2.05) is 4.57 Å². The van der Waals surface area contributed by atoms with Gasteiger partial charge in [-0.25, -0.2) is 0 Å². The van der Waals surface area contributed by atoms with Gasteiger partial charge < -0.3 is 10.1 Å². The van der Waals surface area contributed by atoms with Gasteiger partial charge in [-0.2, -0.15) is 0 Å². The van der Waals surface area contributed by atoms with Crippen molar-refractivity contribution in [3.63, 3.8) is 0 Å². The molecule has 6 nitrogen and oxygen atoms in total. The molecule has 0 bridgehead atoms. The monoisotopic (exact) mass is 626 g/mol. The Morgan fingerprint density at radius 1 is 0.844 bits per heavy atom. The smallest absolute Gasteiger partial charge is 0.230 e. The highest BCUT2D eigenvalue weighted by Gasteiger charge is 2.26. The van der Waals surface area contributed by atoms with Crippen molar-refractivity contribution < 1.29 is 9.53 Å². The molecule has 0 aliphatic rings. The molecule has 45 heavy (non-hydrogen) atoms. The topological polar surface area (TPSA) is 69.0 Å². The highest BCUT2D eigenvalue weighted by molar-refractivity contribution is 7.99. The van der Waals surface area contributed by atoms with Crippen molar-refractivity contribution in [2.75, 3.05) is 18.9 Å². The second-order valence-electron chi connectivity index (χ2n) is 13.2. The van der Waals surface area contributed by atoms with E-state index >= 15 is 0 Å². The van der Waals surface area contributed by atoms with E-state index in [9.17, 15) is 4.79 Å². The van der Waals surface area contributed by atoms with E-state index < -0.39 is 0 Å². The van der Waals surface area contributed by atoms with Crippen molar-refractivity contribution in [2.24, 2.45) is 0 Å². The van der Waals surface area contributed by atoms with E-state index in [-0.39, 0.29) is 22.5 Å². The van der Waals surface area contributed by atoms with Crippen LogP contribution in [0.4, 0.5) is 0 Å². The molecule has 0 radical (unpaired) electrons. The summed E-state index contributed by atoms with van der Waals surface area (Å²) in [6, 6.07) is 23.3. The maximum Gasteiger partial charge on any atom is 0.230 e. The summed E-state index contributed by atoms with van der Waals surface area (Å²) in [5.41, 5.74) is 7.13. The maximum absolute atomic E-state index is 12.8. The third-order valence-corrected chi connectivity index (χ3v) is 9.91. The Hall–Kier alpha value is -3.58. The highest BCUT2D eigenvalue weighted by atomic mass is 32.2. The maximum atomic E-state index is 12.8. The predicted octanol–water partition coefficient (Wildman–Crippen LogP) is 8.99. The minimum absolute atomic E-state index is 0.0163. The lowest BCUT2D eigenvalue weighted by molar-refractivity contribution is -0.118. The molecule has 7 heteroatoms. The average molecular weight is 627 g/mol. The number of rotatable bonds is 15. The molecular weight excluding hydrogens is 577 g/mol. The fraction of sp³-hybridized carbons (Fsp3) is 0.447. The standard InChI is InChI=1S/C38H50N4O2S/c1-9-37(5,6)30-19-22-33(32(25-30)38(7,8)10-2)44-24-12-11-23-39-34(43)26-45-36-41-40-35(29-17-13-27(3)14-18-29)42(36)31-20-15-28(4)16-21-31/h13-22,25H,9-12,23-24,26H2,1-8H3,(H,39,43). The van der Waals surface area contributed by atoms with Crippen LogP contribution >= 0.6 is 11.8 Å². The first-order valence-electron chi connectivity index (χ1n) is 16.2. The Morgan fingerprint density at radius 2 is 1.49 bits per heavy atom. The first-order chi connectivity index (χ1) is 21.4. The number of benzene rings is 3. The minimum atomic E-state index is -0.0163. The van der Waals surface area contributed by atoms with Crippen molar-refractivity contribution in [3.8, 4) is 22.8 Å². The van der Waals surface area contributed by atoms with E-state index in [0.29, 0.717) is 18.3 Å². The molecule has 0 fully saturated rings. The Kier molecular flexibility index (Phi) is 11.5. The summed E-state index contributed by atoms with van der Waals surface area (Å²) in [6.07, 6.45) is 3.84. The van der Waals surface area contributed by atoms with E-state index in [1.165, 1.54) is 34.0 Å². The number of carbonyl (C=O) groups excluding carboxylic acids is 1. The van der Waals surface area contributed by atoms with Gasteiger partial charge >= 0.3 is 0 Å². The van der Waals surface area contributed by atoms with Gasteiger partial charge in [-0.1, -0.05) is 113 Å². The normalized spacial score (nSPS) is 11.9. The van der Waals surface area contributed by atoms with Crippen LogP contribution in [0.15, 0.2) is 71.9 Å². The molecule has 1 amide bonds. The molecule has 0 spiro atoms. The van der Waals surface area contributed by atoms with E-state index in [1.54, 1.807) is 0 Å². The predicted molar refractivity (Wildman–Crippen MR) is 188 cm³/mol. The molecule has 0 aliphatic carbocycles. The zero-order chi connectivity index (χ0) is 32.6. The number of carbonyl (C=O) groups is 1. The lowest BCUT2D eigenvalue weighted by atomic mass is 9.76. The molecule has 3 aromatic carbocycles. The quantitative estimate of drug-likeness (QED) is 0.105. The van der Waals surface area contributed by atoms with E-state index in [4.69, 9.17) is 4.74 Å². The van der Waals surface area contributed by atoms with E-state index in [2.05, 4.69) is 138 Å². The van der Waals surface area contributed by atoms with Gasteiger partial charge in [-0.05, 0) is 74.1 Å². The number of thioether (sulfide) groups is 1. The number of amides is 1. The van der Waals surface area contributed by atoms with Crippen LogP contribution in [-0.2, 0) is 15.6 Å². The fourth-order valence-corrected chi connectivity index (χ4v) is 5.78. The third kappa shape index (κ3) is 8.78. The van der Waals surface area contributed by atoms with Crippen LogP contribution in [0.3, 0.4) is 0 Å². The van der Waals surface area contributed by atoms with Gasteiger partial charge in [0.25, 0.3) is 0 Å². The Bertz CT molecular complexity index is 1560. The van der Waals surface area contributed by atoms with Gasteiger partial charge in [0.1, 0.15) is 5.75 Å². The summed E-state index contributed by atoms with van der Waals surface area (Å²) >= 11 is 1.40. The van der Waals surface area contributed by atoms with Crippen molar-refractivity contribution in [2.45, 2.75) is 97.1 Å². The summed E-state index contributed by atoms with van der Waals surface area (Å²) in [7, 11) is 0. The molecular formula is C38H50N4O2S. The number of ether oxygens (including phenoxy) is 1. The van der Waals surface area contributed by atoms with Gasteiger partial charge in [-0.3, -0.25) is 9.36 Å². The Labute approximate surface area is 274 Å². The van der Waals surface area contributed by atoms with Crippen LogP contribution in [0, 0.1) is 13.8 Å². The number of unbranched alkanes of at least 4 members (excludes halogenated alkanes) is 1. The minimum Gasteiger partial charge on any atom is -0.493 e. The van der Waals surface area contributed by atoms with Crippen LogP contribution in [0.5, 0.6) is 5.75 Å². The van der Waals surface area contributed by atoms with Crippen LogP contribution in [0.25, 0.3) is 17.1 Å². The van der Waals surface area contributed by atoms with Crippen LogP contribution in [0.1, 0.15) is 89.5 Å². The Balaban J connectivity index is 1.31. The van der Waals surface area contributed by atoms with Crippen molar-refractivity contribution in [1.82, 2.24) is 20.1 Å². The number of hydrogen-bond acceptors (Lipinski definition) is 5. The second-order valence-corrected chi connectivity index (χ2v) is 14.2. The lowest BCUT2D eigenvalue weighted by Crippen LogP contribution is -2.26. The number of aryl methyl sites for hydroxylation is 2. The summed E-state index contributed by atoms with van der Waals surface area (Å²) in [5, 5.41) is 12.7. The largest absolute Gasteiger partial charge is 0.493 e. The first-order valence-corrected chi connectivity index (χ1v) is 17.2. The van der Waals surface area contributed by atoms with Gasteiger partial charge in [0, 0.05) is 23.4 Å². The molecule has 0 saturated heterocycles. The summed E-state index contributed by atoms with van der Waals surface area (Å²) in [4.78, 5) is 12.8. The molecule has 0 saturated carbocycles.